The minimum absolute atomic E-state index is 0.587. The van der Waals surface area contributed by atoms with Gasteiger partial charge in [-0.3, -0.25) is 0 Å². The zero-order valence-corrected chi connectivity index (χ0v) is 33.2. The van der Waals surface area contributed by atoms with Gasteiger partial charge in [-0.05, 0) is 75.6 Å². The Hall–Kier alpha value is -8.00. The molecule has 6 nitrogen and oxygen atoms in total. The Morgan fingerprint density at radius 2 is 1.03 bits per heavy atom. The van der Waals surface area contributed by atoms with Crippen LogP contribution >= 0.6 is 11.3 Å². The van der Waals surface area contributed by atoms with E-state index < -0.39 is 0 Å². The summed E-state index contributed by atoms with van der Waals surface area (Å²) in [6, 6.07) is 62.9. The lowest BCUT2D eigenvalue weighted by molar-refractivity contribution is 0.620. The minimum Gasteiger partial charge on any atom is -0.456 e. The van der Waals surface area contributed by atoms with E-state index in [2.05, 4.69) is 115 Å². The van der Waals surface area contributed by atoms with Gasteiger partial charge in [0.2, 0.25) is 5.89 Å². The molecule has 0 radical (unpaired) electrons. The Kier molecular flexibility index (Phi) is 7.37. The highest BCUT2D eigenvalue weighted by atomic mass is 32.1. The van der Waals surface area contributed by atoms with Crippen LogP contribution in [0.15, 0.2) is 191 Å². The summed E-state index contributed by atoms with van der Waals surface area (Å²) in [7, 11) is 0. The largest absolute Gasteiger partial charge is 0.456 e. The molecule has 0 fully saturated rings. The van der Waals surface area contributed by atoms with Gasteiger partial charge in [-0.25, -0.2) is 19.9 Å². The van der Waals surface area contributed by atoms with Crippen molar-refractivity contribution in [3.63, 3.8) is 0 Å². The first-order chi connectivity index (χ1) is 30.2. The molecule has 0 aliphatic carbocycles. The molecule has 0 amide bonds. The average Bonchev–Trinajstić information content (AvgIpc) is 4.04. The van der Waals surface area contributed by atoms with Crippen LogP contribution < -0.4 is 0 Å². The lowest BCUT2D eigenvalue weighted by Crippen LogP contribution is -2.00. The van der Waals surface area contributed by atoms with Crippen LogP contribution in [-0.4, -0.2) is 19.9 Å². The van der Waals surface area contributed by atoms with Crippen LogP contribution in [0.1, 0.15) is 0 Å². The molecule has 7 heteroatoms. The summed E-state index contributed by atoms with van der Waals surface area (Å²) < 4.78 is 14.9. The second kappa shape index (κ2) is 13.3. The van der Waals surface area contributed by atoms with Crippen molar-refractivity contribution in [3.8, 4) is 56.7 Å². The molecule has 4 aromatic heterocycles. The van der Waals surface area contributed by atoms with E-state index in [4.69, 9.17) is 28.8 Å². The molecule has 0 aliphatic rings. The van der Waals surface area contributed by atoms with Crippen LogP contribution in [-0.2, 0) is 0 Å². The van der Waals surface area contributed by atoms with Crippen molar-refractivity contribution in [1.82, 2.24) is 19.9 Å². The van der Waals surface area contributed by atoms with Gasteiger partial charge in [0.25, 0.3) is 0 Å². The van der Waals surface area contributed by atoms with E-state index in [1.165, 1.54) is 10.1 Å². The van der Waals surface area contributed by atoms with Gasteiger partial charge in [-0.2, -0.15) is 0 Å². The zero-order valence-electron chi connectivity index (χ0n) is 32.3. The Morgan fingerprint density at radius 3 is 1.92 bits per heavy atom. The highest BCUT2D eigenvalue weighted by Crippen LogP contribution is 2.46. The van der Waals surface area contributed by atoms with Crippen LogP contribution in [0.3, 0.4) is 0 Å². The molecule has 0 bridgehead atoms. The fraction of sp³-hybridized carbons (Fsp3) is 0. The van der Waals surface area contributed by atoms with Crippen LogP contribution in [0.4, 0.5) is 0 Å². The summed E-state index contributed by atoms with van der Waals surface area (Å²) >= 11 is 1.79. The maximum absolute atomic E-state index is 6.48. The van der Waals surface area contributed by atoms with Crippen molar-refractivity contribution < 1.29 is 8.83 Å². The molecule has 0 aliphatic heterocycles. The number of benzene rings is 9. The van der Waals surface area contributed by atoms with Crippen LogP contribution in [0.5, 0.6) is 0 Å². The summed E-state index contributed by atoms with van der Waals surface area (Å²) in [4.78, 5) is 20.5. The van der Waals surface area contributed by atoms with Crippen LogP contribution in [0.25, 0.3) is 132 Å². The Labute approximate surface area is 352 Å². The predicted octanol–water partition coefficient (Wildman–Crippen LogP) is 14.9. The summed E-state index contributed by atoms with van der Waals surface area (Å²) in [6.07, 6.45) is 0. The number of rotatable bonds is 5. The summed E-state index contributed by atoms with van der Waals surface area (Å²) in [5, 5.41) is 8.87. The monoisotopic (exact) mass is 798 g/mol. The number of furan rings is 1. The first-order valence-corrected chi connectivity index (χ1v) is 21.0. The summed E-state index contributed by atoms with van der Waals surface area (Å²) in [6.45, 7) is 0. The van der Waals surface area contributed by atoms with E-state index in [1.807, 2.05) is 66.7 Å². The molecular weight excluding hydrogens is 769 g/mol. The van der Waals surface area contributed by atoms with Gasteiger partial charge >= 0.3 is 0 Å². The minimum atomic E-state index is 0.587. The molecule has 0 N–H and O–H groups in total. The number of thiophene rings is 1. The highest BCUT2D eigenvalue weighted by Gasteiger charge is 2.21. The van der Waals surface area contributed by atoms with Crippen molar-refractivity contribution in [2.45, 2.75) is 0 Å². The van der Waals surface area contributed by atoms with Gasteiger partial charge in [0.15, 0.2) is 23.1 Å². The number of aromatic nitrogens is 4. The topological polar surface area (TPSA) is 77.8 Å². The lowest BCUT2D eigenvalue weighted by Gasteiger charge is -2.14. The summed E-state index contributed by atoms with van der Waals surface area (Å²) in [5.41, 5.74) is 9.37. The fourth-order valence-electron chi connectivity index (χ4n) is 8.87. The molecule has 61 heavy (non-hydrogen) atoms. The third kappa shape index (κ3) is 5.41. The second-order valence-electron chi connectivity index (χ2n) is 15.3. The smallest absolute Gasteiger partial charge is 0.227 e. The van der Waals surface area contributed by atoms with E-state index in [1.54, 1.807) is 11.3 Å². The first kappa shape index (κ1) is 33.9. The summed E-state index contributed by atoms with van der Waals surface area (Å²) in [5.74, 6) is 2.49. The number of hydrogen-bond donors (Lipinski definition) is 0. The van der Waals surface area contributed by atoms with Crippen LogP contribution in [0, 0.1) is 0 Å². The van der Waals surface area contributed by atoms with E-state index in [0.29, 0.717) is 23.4 Å². The zero-order chi connectivity index (χ0) is 40.0. The average molecular weight is 799 g/mol. The molecule has 13 aromatic rings. The van der Waals surface area contributed by atoms with Crippen molar-refractivity contribution in [2.24, 2.45) is 0 Å². The number of fused-ring (bicyclic) bond motifs is 10. The molecule has 0 atom stereocenters. The maximum atomic E-state index is 6.48. The van der Waals surface area contributed by atoms with Gasteiger partial charge in [-0.15, -0.1) is 11.3 Å². The number of hydrogen-bond acceptors (Lipinski definition) is 7. The molecule has 0 saturated heterocycles. The fourth-order valence-corrected chi connectivity index (χ4v) is 10.1. The third-order valence-corrected chi connectivity index (χ3v) is 13.0. The van der Waals surface area contributed by atoms with Gasteiger partial charge in [0, 0.05) is 58.8 Å². The molecule has 0 unspecified atom stereocenters. The van der Waals surface area contributed by atoms with Gasteiger partial charge in [0.1, 0.15) is 16.7 Å². The van der Waals surface area contributed by atoms with Gasteiger partial charge < -0.3 is 8.83 Å². The van der Waals surface area contributed by atoms with Gasteiger partial charge in [0.05, 0.1) is 0 Å². The van der Waals surface area contributed by atoms with Crippen molar-refractivity contribution >= 4 is 86.1 Å². The van der Waals surface area contributed by atoms with E-state index in [9.17, 15) is 0 Å². The van der Waals surface area contributed by atoms with Crippen molar-refractivity contribution in [3.05, 3.63) is 182 Å². The lowest BCUT2D eigenvalue weighted by atomic mass is 9.93. The van der Waals surface area contributed by atoms with E-state index in [0.717, 1.165) is 98.0 Å². The van der Waals surface area contributed by atoms with Gasteiger partial charge in [-0.1, -0.05) is 133 Å². The molecule has 284 valence electrons. The first-order valence-electron chi connectivity index (χ1n) is 20.2. The molecule has 9 aromatic carbocycles. The Balaban J connectivity index is 0.958. The molecule has 13 rings (SSSR count). The molecule has 0 spiro atoms. The normalized spacial score (nSPS) is 11.9. The number of oxazole rings is 1. The Bertz CT molecular complexity index is 3900. The maximum Gasteiger partial charge on any atom is 0.227 e. The molecule has 0 saturated carbocycles. The highest BCUT2D eigenvalue weighted by molar-refractivity contribution is 7.26. The number of nitrogens with zero attached hydrogens (tertiary/aromatic N) is 4. The van der Waals surface area contributed by atoms with Crippen LogP contribution in [0.2, 0.25) is 0 Å². The Morgan fingerprint density at radius 1 is 0.361 bits per heavy atom. The standard InChI is InChI=1S/C54H30N4O2S/c1-2-12-32(13-3-1)51-56-52(34-22-21-31-11-4-5-14-33(31)29-34)58-53(57-51)41-25-24-38(36-15-6-7-16-37(36)41)40-18-10-19-42-48-47(61-50(40)42)28-27-46-49(48)55-54(60-46)35-23-26-45-43(30-35)39-17-8-9-20-44(39)59-45/h1-30H. The third-order valence-electron chi connectivity index (χ3n) is 11.8. The number of para-hydroxylation sites is 1. The van der Waals surface area contributed by atoms with Crippen molar-refractivity contribution in [1.29, 1.82) is 0 Å². The molecular formula is C54H30N4O2S. The van der Waals surface area contributed by atoms with E-state index >= 15 is 0 Å². The second-order valence-corrected chi connectivity index (χ2v) is 16.4. The quantitative estimate of drug-likeness (QED) is 0.173. The predicted molar refractivity (Wildman–Crippen MR) is 250 cm³/mol. The van der Waals surface area contributed by atoms with E-state index in [-0.39, 0.29) is 0 Å². The SMILES string of the molecule is c1ccc(-c2nc(-c3ccc4ccccc4c3)nc(-c3ccc(-c4cccc5c4sc4ccc6oc(-c7ccc8oc9ccccc9c8c7)nc6c45)c4ccccc34)n2)cc1. The van der Waals surface area contributed by atoms with Crippen molar-refractivity contribution in [2.75, 3.05) is 0 Å². The molecule has 4 heterocycles.